The molecule has 2 aliphatic heterocycles. The first-order valence-corrected chi connectivity index (χ1v) is 9.02. The Bertz CT molecular complexity index is 671. The zero-order valence-corrected chi connectivity index (χ0v) is 14.0. The van der Waals surface area contributed by atoms with Gasteiger partial charge in [-0.15, -0.1) is 0 Å². The molecule has 9 nitrogen and oxygen atoms in total. The second kappa shape index (κ2) is 5.91. The summed E-state index contributed by atoms with van der Waals surface area (Å²) in [5.74, 6) is -2.69. The van der Waals surface area contributed by atoms with E-state index in [-0.39, 0.29) is 11.5 Å². The van der Waals surface area contributed by atoms with Crippen molar-refractivity contribution in [3.63, 3.8) is 0 Å². The highest BCUT2D eigenvalue weighted by atomic mass is 32.2. The Morgan fingerprint density at radius 1 is 1.26 bits per heavy atom. The van der Waals surface area contributed by atoms with Crippen molar-refractivity contribution in [1.82, 2.24) is 14.7 Å². The fraction of sp³-hybridized carbons (Fsp3) is 0.692. The van der Waals surface area contributed by atoms with Crippen molar-refractivity contribution < 1.29 is 27.6 Å². The first kappa shape index (κ1) is 17.4. The normalized spacial score (nSPS) is 24.0. The predicted molar refractivity (Wildman–Crippen MR) is 78.9 cm³/mol. The zero-order chi connectivity index (χ0) is 17.5. The molecule has 0 N–H and O–H groups in total. The molecule has 5 amide bonds. The molecule has 0 unspecified atom stereocenters. The van der Waals surface area contributed by atoms with Gasteiger partial charge in [-0.25, -0.2) is 18.1 Å². The van der Waals surface area contributed by atoms with Gasteiger partial charge < -0.3 is 4.90 Å². The number of likely N-dealkylation sites (N-methyl/N-ethyl adjacent to an activating group) is 1. The van der Waals surface area contributed by atoms with Gasteiger partial charge in [-0.05, 0) is 20.3 Å². The average molecular weight is 345 g/mol. The minimum atomic E-state index is -3.16. The number of imide groups is 2. The predicted octanol–water partition coefficient (Wildman–Crippen LogP) is -1.17. The van der Waals surface area contributed by atoms with E-state index in [0.29, 0.717) is 11.3 Å². The first-order chi connectivity index (χ1) is 10.5. The average Bonchev–Trinajstić information content (AvgIpc) is 2.90. The Labute approximate surface area is 134 Å². The Hall–Kier alpha value is -1.97. The highest BCUT2D eigenvalue weighted by Crippen LogP contribution is 2.19. The van der Waals surface area contributed by atoms with Gasteiger partial charge in [-0.1, -0.05) is 0 Å². The van der Waals surface area contributed by atoms with Crippen LogP contribution in [0, 0.1) is 0 Å². The van der Waals surface area contributed by atoms with Crippen LogP contribution in [-0.2, 0) is 24.2 Å². The van der Waals surface area contributed by atoms with E-state index in [0.717, 1.165) is 4.90 Å². The Morgan fingerprint density at radius 2 is 1.87 bits per heavy atom. The summed E-state index contributed by atoms with van der Waals surface area (Å²) in [6.07, 6.45) is 0.323. The molecule has 0 aliphatic carbocycles. The van der Waals surface area contributed by atoms with Crippen molar-refractivity contribution in [2.24, 2.45) is 0 Å². The van der Waals surface area contributed by atoms with Crippen molar-refractivity contribution in [2.45, 2.75) is 32.4 Å². The maximum Gasteiger partial charge on any atom is 0.334 e. The van der Waals surface area contributed by atoms with E-state index in [9.17, 15) is 27.6 Å². The van der Waals surface area contributed by atoms with Crippen LogP contribution in [0.5, 0.6) is 0 Å². The lowest BCUT2D eigenvalue weighted by molar-refractivity contribution is -0.145. The van der Waals surface area contributed by atoms with Crippen LogP contribution in [0.3, 0.4) is 0 Å². The lowest BCUT2D eigenvalue weighted by Gasteiger charge is -2.25. The molecule has 2 aliphatic rings. The van der Waals surface area contributed by atoms with Crippen LogP contribution in [0.1, 0.15) is 20.3 Å². The fourth-order valence-corrected chi connectivity index (χ4v) is 4.42. The molecule has 2 fully saturated rings. The van der Waals surface area contributed by atoms with E-state index in [4.69, 9.17) is 0 Å². The van der Waals surface area contributed by atoms with Crippen LogP contribution in [-0.4, -0.2) is 84.1 Å². The molecule has 10 heteroatoms. The second-order valence-corrected chi connectivity index (χ2v) is 8.23. The minimum absolute atomic E-state index is 0.0104. The van der Waals surface area contributed by atoms with E-state index in [2.05, 4.69) is 0 Å². The van der Waals surface area contributed by atoms with Gasteiger partial charge in [0.25, 0.3) is 0 Å². The molecule has 0 aromatic heterocycles. The van der Waals surface area contributed by atoms with Crippen LogP contribution < -0.4 is 0 Å². The van der Waals surface area contributed by atoms with Crippen LogP contribution in [0.2, 0.25) is 0 Å². The lowest BCUT2D eigenvalue weighted by atomic mass is 10.2. The molecule has 0 bridgehead atoms. The first-order valence-electron chi connectivity index (χ1n) is 7.20. The van der Waals surface area contributed by atoms with Gasteiger partial charge in [0.05, 0.1) is 11.5 Å². The number of nitrogens with zero attached hydrogens (tertiary/aromatic N) is 3. The number of carbonyl (C=O) groups is 4. The standard InChI is InChI=1S/C13H19N3O6S/c1-8(2)16-12(19)11(18)15(13(16)20)6-10(17)14(3)9-4-5-23(21,22)7-9/h8-9H,4-7H2,1-3H3/t9-/m1/s1. The lowest BCUT2D eigenvalue weighted by Crippen LogP contribution is -2.46. The molecule has 0 spiro atoms. The molecule has 2 saturated heterocycles. The summed E-state index contributed by atoms with van der Waals surface area (Å²) in [5.41, 5.74) is 0. The quantitative estimate of drug-likeness (QED) is 0.469. The molecule has 0 aromatic carbocycles. The molecule has 1 atom stereocenters. The highest BCUT2D eigenvalue weighted by molar-refractivity contribution is 7.91. The molecule has 23 heavy (non-hydrogen) atoms. The summed E-state index contributed by atoms with van der Waals surface area (Å²) >= 11 is 0. The van der Waals surface area contributed by atoms with Gasteiger partial charge in [-0.3, -0.25) is 19.3 Å². The monoisotopic (exact) mass is 345 g/mol. The fourth-order valence-electron chi connectivity index (χ4n) is 2.65. The topological polar surface area (TPSA) is 112 Å². The molecular formula is C13H19N3O6S. The number of urea groups is 1. The van der Waals surface area contributed by atoms with E-state index < -0.39 is 52.2 Å². The van der Waals surface area contributed by atoms with Gasteiger partial charge in [0, 0.05) is 19.1 Å². The van der Waals surface area contributed by atoms with E-state index in [1.807, 2.05) is 0 Å². The largest absolute Gasteiger partial charge is 0.340 e. The van der Waals surface area contributed by atoms with Crippen molar-refractivity contribution in [1.29, 1.82) is 0 Å². The smallest absolute Gasteiger partial charge is 0.334 e. The summed E-state index contributed by atoms with van der Waals surface area (Å²) in [6.45, 7) is 2.60. The van der Waals surface area contributed by atoms with E-state index >= 15 is 0 Å². The van der Waals surface area contributed by atoms with Crippen LogP contribution in [0.25, 0.3) is 0 Å². The number of amides is 5. The Morgan fingerprint density at radius 3 is 2.30 bits per heavy atom. The third kappa shape index (κ3) is 3.21. The molecule has 0 aromatic rings. The number of carbonyl (C=O) groups excluding carboxylic acids is 4. The van der Waals surface area contributed by atoms with Gasteiger partial charge in [0.1, 0.15) is 6.54 Å². The van der Waals surface area contributed by atoms with Crippen molar-refractivity contribution >= 4 is 33.6 Å². The van der Waals surface area contributed by atoms with Gasteiger partial charge >= 0.3 is 17.8 Å². The maximum absolute atomic E-state index is 12.2. The second-order valence-electron chi connectivity index (χ2n) is 6.00. The minimum Gasteiger partial charge on any atom is -0.340 e. The van der Waals surface area contributed by atoms with Crippen LogP contribution in [0.4, 0.5) is 4.79 Å². The molecule has 0 saturated carbocycles. The molecular weight excluding hydrogens is 326 g/mol. The Kier molecular flexibility index (Phi) is 4.47. The molecule has 2 rings (SSSR count). The van der Waals surface area contributed by atoms with E-state index in [1.54, 1.807) is 13.8 Å². The van der Waals surface area contributed by atoms with Gasteiger partial charge in [0.2, 0.25) is 5.91 Å². The zero-order valence-electron chi connectivity index (χ0n) is 13.2. The van der Waals surface area contributed by atoms with Crippen molar-refractivity contribution in [2.75, 3.05) is 25.1 Å². The summed E-state index contributed by atoms with van der Waals surface area (Å²) in [4.78, 5) is 50.6. The summed E-state index contributed by atoms with van der Waals surface area (Å²) in [5, 5.41) is 0. The van der Waals surface area contributed by atoms with E-state index in [1.165, 1.54) is 11.9 Å². The Balaban J connectivity index is 2.07. The van der Waals surface area contributed by atoms with Crippen molar-refractivity contribution in [3.8, 4) is 0 Å². The number of hydrogen-bond donors (Lipinski definition) is 0. The number of rotatable bonds is 4. The SMILES string of the molecule is CC(C)N1C(=O)C(=O)N(CC(=O)N(C)[C@@H]2CCS(=O)(=O)C2)C1=O. The summed E-state index contributed by atoms with van der Waals surface area (Å²) in [7, 11) is -1.72. The van der Waals surface area contributed by atoms with Crippen molar-refractivity contribution in [3.05, 3.63) is 0 Å². The maximum atomic E-state index is 12.2. The van der Waals surface area contributed by atoms with Crippen LogP contribution in [0.15, 0.2) is 0 Å². The number of hydrogen-bond acceptors (Lipinski definition) is 6. The summed E-state index contributed by atoms with van der Waals surface area (Å²) in [6, 6.07) is -1.79. The third-order valence-electron chi connectivity index (χ3n) is 4.04. The number of sulfone groups is 1. The third-order valence-corrected chi connectivity index (χ3v) is 5.79. The highest BCUT2D eigenvalue weighted by Gasteiger charge is 2.47. The molecule has 2 heterocycles. The van der Waals surface area contributed by atoms with Gasteiger partial charge in [-0.2, -0.15) is 0 Å². The molecule has 0 radical (unpaired) electrons. The van der Waals surface area contributed by atoms with Gasteiger partial charge in [0.15, 0.2) is 9.84 Å². The van der Waals surface area contributed by atoms with Crippen LogP contribution >= 0.6 is 0 Å². The summed E-state index contributed by atoms with van der Waals surface area (Å²) < 4.78 is 22.9. The molecule has 128 valence electrons.